The molecule has 1 saturated heterocycles. The maximum Gasteiger partial charge on any atom is 0.256 e. The fraction of sp³-hybridized carbons (Fsp3) is 0.286. The normalized spacial score (nSPS) is 15.6. The van der Waals surface area contributed by atoms with Crippen LogP contribution in [0.1, 0.15) is 28.9 Å². The number of benzene rings is 1. The summed E-state index contributed by atoms with van der Waals surface area (Å²) in [7, 11) is 0. The molecule has 7 nitrogen and oxygen atoms in total. The Bertz CT molecular complexity index is 1120. The van der Waals surface area contributed by atoms with E-state index < -0.39 is 17.3 Å². The van der Waals surface area contributed by atoms with Crippen LogP contribution in [-0.2, 0) is 6.42 Å². The predicted octanol–water partition coefficient (Wildman–Crippen LogP) is 4.40. The average Bonchev–Trinajstić information content (AvgIpc) is 3.23. The second-order valence-electron chi connectivity index (χ2n) is 7.61. The van der Waals surface area contributed by atoms with Gasteiger partial charge < -0.3 is 15.3 Å². The molecule has 1 amide bonds. The van der Waals surface area contributed by atoms with Crippen LogP contribution in [-0.4, -0.2) is 48.8 Å². The lowest BCUT2D eigenvalue weighted by Crippen LogP contribution is -2.48. The fourth-order valence-electron chi connectivity index (χ4n) is 3.67. The summed E-state index contributed by atoms with van der Waals surface area (Å²) in [6, 6.07) is 11.3. The van der Waals surface area contributed by atoms with Crippen molar-refractivity contribution in [3.63, 3.8) is 0 Å². The second-order valence-corrected chi connectivity index (χ2v) is 8.53. The molecule has 0 radical (unpaired) electrons. The molecule has 0 saturated carbocycles. The molecule has 3 heterocycles. The molecule has 2 aromatic heterocycles. The lowest BCUT2D eigenvalue weighted by molar-refractivity contribution is -0.0169. The van der Waals surface area contributed by atoms with Crippen LogP contribution in [0.3, 0.4) is 0 Å². The zero-order valence-electron chi connectivity index (χ0n) is 16.8. The fourth-order valence-corrected chi connectivity index (χ4v) is 4.07. The van der Waals surface area contributed by atoms with E-state index >= 15 is 0 Å². The number of rotatable bonds is 6. The number of carbonyl (C=O) groups excluding carboxylic acids is 1. The van der Waals surface area contributed by atoms with Crippen molar-refractivity contribution in [2.75, 3.05) is 18.4 Å². The van der Waals surface area contributed by atoms with Crippen molar-refractivity contribution in [1.82, 2.24) is 19.1 Å². The van der Waals surface area contributed by atoms with Crippen LogP contribution in [0.15, 0.2) is 48.7 Å². The number of hydrogen-bond donors (Lipinski definition) is 2. The zero-order chi connectivity index (χ0) is 22.7. The molecule has 1 aliphatic rings. The Morgan fingerprint density at radius 1 is 1.19 bits per heavy atom. The molecule has 4 rings (SSSR count). The van der Waals surface area contributed by atoms with Gasteiger partial charge in [0.25, 0.3) is 5.91 Å². The molecule has 3 aromatic rings. The van der Waals surface area contributed by atoms with Crippen LogP contribution in [0.2, 0.25) is 5.02 Å². The summed E-state index contributed by atoms with van der Waals surface area (Å²) < 4.78 is 27.8. The molecule has 32 heavy (non-hydrogen) atoms. The van der Waals surface area contributed by atoms with Gasteiger partial charge in [-0.15, -0.1) is 8.98 Å². The van der Waals surface area contributed by atoms with Gasteiger partial charge in [0.1, 0.15) is 5.82 Å². The van der Waals surface area contributed by atoms with E-state index in [1.165, 1.54) is 29.3 Å². The maximum absolute atomic E-state index is 14.2. The second kappa shape index (κ2) is 9.43. The number of likely N-dealkylation sites (tertiary alicyclic amines) is 1. The summed E-state index contributed by atoms with van der Waals surface area (Å²) in [5.41, 5.74) is -0.448. The Morgan fingerprint density at radius 3 is 2.66 bits per heavy atom. The smallest absolute Gasteiger partial charge is 0.256 e. The van der Waals surface area contributed by atoms with Crippen molar-refractivity contribution < 1.29 is 18.2 Å². The van der Waals surface area contributed by atoms with Crippen LogP contribution in [0.25, 0.3) is 0 Å². The van der Waals surface area contributed by atoms with E-state index in [9.17, 15) is 18.2 Å². The average molecular weight is 480 g/mol. The third kappa shape index (κ3) is 5.03. The molecule has 2 N–H and O–H groups in total. The minimum atomic E-state index is -1.04. The summed E-state index contributed by atoms with van der Waals surface area (Å²) in [5, 5.41) is 17.9. The van der Waals surface area contributed by atoms with Crippen LogP contribution >= 0.6 is 23.9 Å². The number of carbonyl (C=O) groups is 1. The molecule has 1 aliphatic heterocycles. The Hall–Kier alpha value is -2.69. The number of anilines is 2. The van der Waals surface area contributed by atoms with Crippen LogP contribution in [0, 0.1) is 5.82 Å². The molecule has 1 fully saturated rings. The molecule has 1 aromatic carbocycles. The van der Waals surface area contributed by atoms with E-state index in [2.05, 4.69) is 15.4 Å². The number of aliphatic hydroxyl groups is 1. The van der Waals surface area contributed by atoms with Gasteiger partial charge in [-0.1, -0.05) is 23.7 Å². The van der Waals surface area contributed by atoms with E-state index in [1.54, 1.807) is 24.3 Å². The van der Waals surface area contributed by atoms with Crippen molar-refractivity contribution in [3.8, 4) is 0 Å². The molecule has 0 aliphatic carbocycles. The SMILES string of the molecule is O=C(c1cccc(Cl)c1F)N1CCC(O)(Cc2cccc(Nc3ccn(SF)n3)n2)CC1. The van der Waals surface area contributed by atoms with Crippen molar-refractivity contribution in [2.45, 2.75) is 24.9 Å². The predicted molar refractivity (Wildman–Crippen MR) is 119 cm³/mol. The van der Waals surface area contributed by atoms with Crippen molar-refractivity contribution in [3.05, 3.63) is 70.8 Å². The Labute approximate surface area is 192 Å². The number of aromatic nitrogens is 3. The molecule has 11 heteroatoms. The van der Waals surface area contributed by atoms with Gasteiger partial charge in [0, 0.05) is 37.5 Å². The van der Waals surface area contributed by atoms with E-state index in [0.29, 0.717) is 36.6 Å². The molecule has 168 valence electrons. The Balaban J connectivity index is 1.38. The molecule has 0 bridgehead atoms. The van der Waals surface area contributed by atoms with E-state index in [1.807, 2.05) is 0 Å². The molecular weight excluding hydrogens is 460 g/mol. The lowest BCUT2D eigenvalue weighted by Gasteiger charge is -2.38. The number of piperidine rings is 1. The highest BCUT2D eigenvalue weighted by Gasteiger charge is 2.35. The first-order valence-electron chi connectivity index (χ1n) is 9.90. The highest BCUT2D eigenvalue weighted by molar-refractivity contribution is 7.92. The van der Waals surface area contributed by atoms with Crippen LogP contribution in [0.5, 0.6) is 0 Å². The summed E-state index contributed by atoms with van der Waals surface area (Å²) in [6.45, 7) is 0.578. The first-order valence-corrected chi connectivity index (χ1v) is 11.0. The van der Waals surface area contributed by atoms with E-state index in [4.69, 9.17) is 11.6 Å². The number of nitrogens with zero attached hydrogens (tertiary/aromatic N) is 4. The summed E-state index contributed by atoms with van der Waals surface area (Å²) in [6.07, 6.45) is 2.44. The van der Waals surface area contributed by atoms with Crippen LogP contribution in [0.4, 0.5) is 19.9 Å². The maximum atomic E-state index is 14.2. The number of pyridine rings is 1. The van der Waals surface area contributed by atoms with Gasteiger partial charge in [0.05, 0.1) is 16.2 Å². The van der Waals surface area contributed by atoms with E-state index in [0.717, 1.165) is 4.09 Å². The summed E-state index contributed by atoms with van der Waals surface area (Å²) >= 11 is 5.77. The summed E-state index contributed by atoms with van der Waals surface area (Å²) in [5.74, 6) is -0.214. The van der Waals surface area contributed by atoms with Gasteiger partial charge in [-0.25, -0.2) is 9.37 Å². The monoisotopic (exact) mass is 479 g/mol. The molecule has 0 atom stereocenters. The van der Waals surface area contributed by atoms with Crippen LogP contribution < -0.4 is 5.32 Å². The summed E-state index contributed by atoms with van der Waals surface area (Å²) in [4.78, 5) is 18.7. The minimum absolute atomic E-state index is 0.0150. The standard InChI is InChI=1S/C21H20ClF2N5O2S/c22-16-5-2-4-15(19(16)23)20(30)28-11-8-21(31,9-12-28)13-14-3-1-6-17(25-14)26-18-7-10-29(27-18)32-24/h1-7,10,31H,8-9,11-13H2,(H,25,26,27). The van der Waals surface area contributed by atoms with Gasteiger partial charge >= 0.3 is 0 Å². The highest BCUT2D eigenvalue weighted by atomic mass is 35.5. The topological polar surface area (TPSA) is 83.3 Å². The third-order valence-electron chi connectivity index (χ3n) is 5.37. The van der Waals surface area contributed by atoms with Gasteiger partial charge in [0.2, 0.25) is 0 Å². The molecule has 0 spiro atoms. The Kier molecular flexibility index (Phi) is 6.63. The van der Waals surface area contributed by atoms with Gasteiger partial charge in [0.15, 0.2) is 24.0 Å². The zero-order valence-corrected chi connectivity index (χ0v) is 18.4. The Morgan fingerprint density at radius 2 is 1.94 bits per heavy atom. The number of hydrogen-bond acceptors (Lipinski definition) is 6. The van der Waals surface area contributed by atoms with Gasteiger partial charge in [-0.2, -0.15) is 4.09 Å². The van der Waals surface area contributed by atoms with Crippen molar-refractivity contribution >= 4 is 41.5 Å². The number of nitrogens with one attached hydrogen (secondary N) is 1. The first-order chi connectivity index (χ1) is 15.4. The van der Waals surface area contributed by atoms with Crippen molar-refractivity contribution in [1.29, 1.82) is 0 Å². The first kappa shape index (κ1) is 22.5. The molecular formula is C21H20ClF2N5O2S. The van der Waals surface area contributed by atoms with E-state index in [-0.39, 0.29) is 36.0 Å². The number of amides is 1. The highest BCUT2D eigenvalue weighted by Crippen LogP contribution is 2.28. The quantitative estimate of drug-likeness (QED) is 0.545. The van der Waals surface area contributed by atoms with Crippen molar-refractivity contribution in [2.24, 2.45) is 0 Å². The minimum Gasteiger partial charge on any atom is -0.389 e. The van der Waals surface area contributed by atoms with Gasteiger partial charge in [-0.3, -0.25) is 4.79 Å². The lowest BCUT2D eigenvalue weighted by atomic mass is 9.86. The molecule has 0 unspecified atom stereocenters. The largest absolute Gasteiger partial charge is 0.389 e. The third-order valence-corrected chi connectivity index (χ3v) is 6.01. The van der Waals surface area contributed by atoms with Gasteiger partial charge in [-0.05, 0) is 37.1 Å². The number of halogens is 3.